The van der Waals surface area contributed by atoms with E-state index < -0.39 is 23.6 Å². The number of rotatable bonds is 8. The first-order valence-corrected chi connectivity index (χ1v) is 13.6. The monoisotopic (exact) mass is 547 g/mol. The Kier molecular flexibility index (Phi) is 8.83. The maximum Gasteiger partial charge on any atom is 0.421 e. The summed E-state index contributed by atoms with van der Waals surface area (Å²) in [5, 5.41) is 9.98. The summed E-state index contributed by atoms with van der Waals surface area (Å²) in [6.45, 7) is 7.81. The van der Waals surface area contributed by atoms with Gasteiger partial charge in [0.1, 0.15) is 11.3 Å². The van der Waals surface area contributed by atoms with E-state index in [0.717, 1.165) is 63.7 Å². The van der Waals surface area contributed by atoms with E-state index in [1.807, 2.05) is 13.8 Å². The fourth-order valence-corrected chi connectivity index (χ4v) is 5.49. The van der Waals surface area contributed by atoms with Crippen molar-refractivity contribution in [3.63, 3.8) is 0 Å². The summed E-state index contributed by atoms with van der Waals surface area (Å²) >= 11 is 0. The van der Waals surface area contributed by atoms with Gasteiger partial charge in [0, 0.05) is 24.7 Å². The third-order valence-electron chi connectivity index (χ3n) is 7.61. The average molecular weight is 548 g/mol. The van der Waals surface area contributed by atoms with Crippen LogP contribution in [0.4, 0.5) is 18.9 Å². The Morgan fingerprint density at radius 1 is 1.13 bits per heavy atom. The van der Waals surface area contributed by atoms with Crippen molar-refractivity contribution in [2.75, 3.05) is 18.0 Å². The van der Waals surface area contributed by atoms with Gasteiger partial charge < -0.3 is 14.7 Å². The number of benzene rings is 1. The van der Waals surface area contributed by atoms with Crippen molar-refractivity contribution in [3.05, 3.63) is 47.2 Å². The summed E-state index contributed by atoms with van der Waals surface area (Å²) in [6, 6.07) is 4.69. The number of nitrogens with zero attached hydrogens (tertiary/aromatic N) is 3. The van der Waals surface area contributed by atoms with Gasteiger partial charge in [-0.3, -0.25) is 9.69 Å². The minimum absolute atomic E-state index is 0.107. The van der Waals surface area contributed by atoms with Crippen LogP contribution < -0.4 is 9.64 Å². The smallest absolute Gasteiger partial charge is 0.421 e. The summed E-state index contributed by atoms with van der Waals surface area (Å²) in [6.07, 6.45) is 2.04. The highest BCUT2D eigenvalue weighted by Gasteiger charge is 2.37. The maximum absolute atomic E-state index is 13.9. The number of halogens is 3. The summed E-state index contributed by atoms with van der Waals surface area (Å²) in [4.78, 5) is 33.2. The molecule has 0 atom stereocenters. The molecule has 2 aliphatic rings. The number of carbonyl (C=O) groups is 2. The third kappa shape index (κ3) is 6.90. The molecule has 0 spiro atoms. The zero-order chi connectivity index (χ0) is 28.3. The zero-order valence-electron chi connectivity index (χ0n) is 22.6. The van der Waals surface area contributed by atoms with Gasteiger partial charge in [0.25, 0.3) is 0 Å². The Labute approximate surface area is 227 Å². The quantitative estimate of drug-likeness (QED) is 0.394. The van der Waals surface area contributed by atoms with Gasteiger partial charge in [-0.15, -0.1) is 0 Å². The molecule has 1 aromatic heterocycles. The van der Waals surface area contributed by atoms with Crippen LogP contribution in [0.5, 0.6) is 11.6 Å². The molecule has 2 heterocycles. The molecule has 1 aliphatic carbocycles. The second-order valence-corrected chi connectivity index (χ2v) is 11.0. The number of carbonyl (C=O) groups excluding carboxylic acids is 1. The summed E-state index contributed by atoms with van der Waals surface area (Å²) in [5.74, 6) is -1.84. The molecule has 7 nitrogen and oxygen atoms in total. The molecule has 1 aromatic carbocycles. The molecular weight excluding hydrogens is 511 g/mol. The number of amides is 1. The van der Waals surface area contributed by atoms with Crippen LogP contribution in [-0.4, -0.2) is 46.0 Å². The first-order valence-electron chi connectivity index (χ1n) is 13.6. The molecule has 2 fully saturated rings. The van der Waals surface area contributed by atoms with E-state index in [1.165, 1.54) is 23.2 Å². The lowest BCUT2D eigenvalue weighted by Gasteiger charge is -2.34. The molecule has 212 valence electrons. The number of aromatic carboxylic acids is 1. The highest BCUT2D eigenvalue weighted by atomic mass is 19.4. The molecule has 10 heteroatoms. The molecular formula is C29H36F3N3O4. The number of hydrogen-bond donors (Lipinski definition) is 1. The number of carboxylic acids is 1. The molecule has 0 radical (unpaired) electrons. The van der Waals surface area contributed by atoms with Crippen LogP contribution in [0.3, 0.4) is 0 Å². The minimum Gasteiger partial charge on any atom is -0.478 e. The van der Waals surface area contributed by atoms with E-state index in [9.17, 15) is 27.9 Å². The normalized spacial score (nSPS) is 20.3. The van der Waals surface area contributed by atoms with Crippen LogP contribution in [-0.2, 0) is 17.5 Å². The molecule has 0 unspecified atom stereocenters. The lowest BCUT2D eigenvalue weighted by molar-refractivity contribution is -0.139. The number of aromatic nitrogens is 1. The van der Waals surface area contributed by atoms with Crippen molar-refractivity contribution in [2.24, 2.45) is 11.8 Å². The SMILES string of the molecule is CC1CCC(C(=O)N(c2ccc(Oc3ncc(CN4CCCC4)cc3C(F)(F)F)cc2C(=O)O)C(C)C)CC1. The van der Waals surface area contributed by atoms with Crippen LogP contribution >= 0.6 is 0 Å². The predicted octanol–water partition coefficient (Wildman–Crippen LogP) is 6.75. The topological polar surface area (TPSA) is 83.0 Å². The second kappa shape index (κ2) is 11.9. The van der Waals surface area contributed by atoms with Crippen molar-refractivity contribution >= 4 is 17.6 Å². The lowest BCUT2D eigenvalue weighted by Crippen LogP contribution is -2.42. The number of anilines is 1. The zero-order valence-corrected chi connectivity index (χ0v) is 22.6. The van der Waals surface area contributed by atoms with E-state index in [-0.39, 0.29) is 34.9 Å². The molecule has 1 aliphatic heterocycles. The Hall–Kier alpha value is -3.14. The second-order valence-electron chi connectivity index (χ2n) is 11.0. The Balaban J connectivity index is 1.62. The molecule has 4 rings (SSSR count). The van der Waals surface area contributed by atoms with E-state index in [4.69, 9.17) is 4.74 Å². The van der Waals surface area contributed by atoms with E-state index in [2.05, 4.69) is 16.8 Å². The van der Waals surface area contributed by atoms with Crippen molar-refractivity contribution in [3.8, 4) is 11.6 Å². The van der Waals surface area contributed by atoms with Crippen LogP contribution in [0.15, 0.2) is 30.5 Å². The van der Waals surface area contributed by atoms with Gasteiger partial charge in [-0.1, -0.05) is 6.92 Å². The first-order chi connectivity index (χ1) is 18.4. The van der Waals surface area contributed by atoms with Gasteiger partial charge in [0.2, 0.25) is 11.8 Å². The fourth-order valence-electron chi connectivity index (χ4n) is 5.49. The lowest BCUT2D eigenvalue weighted by atomic mass is 9.82. The van der Waals surface area contributed by atoms with E-state index in [1.54, 1.807) is 0 Å². The van der Waals surface area contributed by atoms with Crippen LogP contribution in [0.1, 0.15) is 80.8 Å². The van der Waals surface area contributed by atoms with Crippen LogP contribution in [0, 0.1) is 11.8 Å². The van der Waals surface area contributed by atoms with E-state index >= 15 is 0 Å². The number of pyridine rings is 1. The Morgan fingerprint density at radius 2 is 1.79 bits per heavy atom. The van der Waals surface area contributed by atoms with Gasteiger partial charge in [-0.05, 0) is 101 Å². The van der Waals surface area contributed by atoms with Crippen LogP contribution in [0.25, 0.3) is 0 Å². The highest BCUT2D eigenvalue weighted by molar-refractivity contribution is 6.03. The van der Waals surface area contributed by atoms with E-state index in [0.29, 0.717) is 18.0 Å². The minimum atomic E-state index is -4.71. The van der Waals surface area contributed by atoms with Gasteiger partial charge in [-0.25, -0.2) is 9.78 Å². The number of hydrogen-bond acceptors (Lipinski definition) is 5. The Bertz CT molecular complexity index is 1190. The predicted molar refractivity (Wildman–Crippen MR) is 141 cm³/mol. The molecule has 1 saturated carbocycles. The number of carboxylic acid groups (broad SMARTS) is 1. The number of likely N-dealkylation sites (tertiary alicyclic amines) is 1. The van der Waals surface area contributed by atoms with Gasteiger partial charge >= 0.3 is 12.1 Å². The van der Waals surface area contributed by atoms with Gasteiger partial charge in [0.05, 0.1) is 11.3 Å². The van der Waals surface area contributed by atoms with Crippen molar-refractivity contribution in [1.82, 2.24) is 9.88 Å². The maximum atomic E-state index is 13.9. The largest absolute Gasteiger partial charge is 0.478 e. The number of alkyl halides is 3. The van der Waals surface area contributed by atoms with Crippen LogP contribution in [0.2, 0.25) is 0 Å². The molecule has 1 N–H and O–H groups in total. The van der Waals surface area contributed by atoms with Crippen molar-refractivity contribution in [2.45, 2.75) is 78.1 Å². The third-order valence-corrected chi connectivity index (χ3v) is 7.61. The summed E-state index contributed by atoms with van der Waals surface area (Å²) in [7, 11) is 0. The molecule has 39 heavy (non-hydrogen) atoms. The van der Waals surface area contributed by atoms with Gasteiger partial charge in [0.15, 0.2) is 0 Å². The summed E-state index contributed by atoms with van der Waals surface area (Å²) < 4.78 is 47.3. The fraction of sp³-hybridized carbons (Fsp3) is 0.552. The average Bonchev–Trinajstić information content (AvgIpc) is 3.38. The van der Waals surface area contributed by atoms with Gasteiger partial charge in [-0.2, -0.15) is 13.2 Å². The molecule has 1 saturated heterocycles. The Morgan fingerprint density at radius 3 is 2.38 bits per heavy atom. The first kappa shape index (κ1) is 28.9. The molecule has 2 aromatic rings. The molecule has 1 amide bonds. The standard InChI is InChI=1S/C29H36F3N3O4/c1-18(2)35(27(36)21-8-6-19(3)7-9-21)25-11-10-22(15-23(25)28(37)38)39-26-24(29(30,31)32)14-20(16-33-26)17-34-12-4-5-13-34/h10-11,14-16,18-19,21H,4-9,12-13,17H2,1-3H3,(H,37,38). The van der Waals surface area contributed by atoms with Crippen molar-refractivity contribution in [1.29, 1.82) is 0 Å². The highest BCUT2D eigenvalue weighted by Crippen LogP contribution is 2.39. The number of ether oxygens (including phenoxy) is 1. The molecule has 0 bridgehead atoms. The summed E-state index contributed by atoms with van der Waals surface area (Å²) in [5.41, 5.74) is -0.622. The van der Waals surface area contributed by atoms with Crippen molar-refractivity contribution < 1.29 is 32.6 Å².